The minimum Gasteiger partial charge on any atom is -0.394 e. The minimum atomic E-state index is -0.437. The maximum atomic E-state index is 12.6. The van der Waals surface area contributed by atoms with E-state index in [1.807, 2.05) is 4.90 Å². The molecule has 2 aliphatic carbocycles. The van der Waals surface area contributed by atoms with Gasteiger partial charge in [-0.3, -0.25) is 9.59 Å². The van der Waals surface area contributed by atoms with Crippen molar-refractivity contribution in [3.63, 3.8) is 0 Å². The molecule has 0 radical (unpaired) electrons. The summed E-state index contributed by atoms with van der Waals surface area (Å²) >= 11 is 0. The van der Waals surface area contributed by atoms with Crippen molar-refractivity contribution in [1.82, 2.24) is 10.2 Å². The van der Waals surface area contributed by atoms with E-state index in [-0.39, 0.29) is 24.3 Å². The molecule has 1 atom stereocenters. The predicted molar refractivity (Wildman–Crippen MR) is 87.7 cm³/mol. The number of carbonyl (C=O) groups is 2. The molecule has 0 aromatic heterocycles. The van der Waals surface area contributed by atoms with E-state index in [0.717, 1.165) is 44.4 Å². The Morgan fingerprint density at radius 2 is 1.91 bits per heavy atom. The average molecular weight is 322 g/mol. The molecule has 2 amide bonds. The quantitative estimate of drug-likeness (QED) is 0.830. The molecule has 5 heteroatoms. The maximum Gasteiger partial charge on any atom is 0.225 e. The average Bonchev–Trinajstić information content (AvgIpc) is 3.16. The van der Waals surface area contributed by atoms with Crippen LogP contribution in [0.15, 0.2) is 0 Å². The lowest BCUT2D eigenvalue weighted by Crippen LogP contribution is -2.51. The molecular formula is C18H30N2O3. The van der Waals surface area contributed by atoms with E-state index in [2.05, 4.69) is 12.2 Å². The summed E-state index contributed by atoms with van der Waals surface area (Å²) in [7, 11) is 0. The van der Waals surface area contributed by atoms with Gasteiger partial charge in [0.1, 0.15) is 0 Å². The van der Waals surface area contributed by atoms with Crippen LogP contribution in [0.5, 0.6) is 0 Å². The second-order valence-corrected chi connectivity index (χ2v) is 8.00. The summed E-state index contributed by atoms with van der Waals surface area (Å²) in [6.45, 7) is 2.84. The Labute approximate surface area is 138 Å². The SMILES string of the molecule is CC1CCC(N2CC(C(=O)NC3(CO)CCCC3)CC2=O)CC1. The van der Waals surface area contributed by atoms with E-state index >= 15 is 0 Å². The Kier molecular flexibility index (Phi) is 4.95. The number of aliphatic hydroxyl groups excluding tert-OH is 1. The van der Waals surface area contributed by atoms with Gasteiger partial charge in [-0.1, -0.05) is 19.8 Å². The molecule has 130 valence electrons. The zero-order valence-corrected chi connectivity index (χ0v) is 14.2. The van der Waals surface area contributed by atoms with Crippen LogP contribution >= 0.6 is 0 Å². The third-order valence-electron chi connectivity index (χ3n) is 6.21. The van der Waals surface area contributed by atoms with Gasteiger partial charge in [-0.25, -0.2) is 0 Å². The molecule has 2 saturated carbocycles. The second kappa shape index (κ2) is 6.80. The van der Waals surface area contributed by atoms with Gasteiger partial charge in [0.15, 0.2) is 0 Å². The number of nitrogens with one attached hydrogen (secondary N) is 1. The largest absolute Gasteiger partial charge is 0.394 e. The number of carbonyl (C=O) groups excluding carboxylic acids is 2. The summed E-state index contributed by atoms with van der Waals surface area (Å²) < 4.78 is 0. The lowest BCUT2D eigenvalue weighted by atomic mass is 9.86. The van der Waals surface area contributed by atoms with Gasteiger partial charge in [-0.15, -0.1) is 0 Å². The first-order chi connectivity index (χ1) is 11.0. The van der Waals surface area contributed by atoms with Crippen molar-refractivity contribution in [2.24, 2.45) is 11.8 Å². The van der Waals surface area contributed by atoms with Crippen LogP contribution in [0.25, 0.3) is 0 Å². The fourth-order valence-electron chi connectivity index (χ4n) is 4.55. The van der Waals surface area contributed by atoms with E-state index in [1.54, 1.807) is 0 Å². The van der Waals surface area contributed by atoms with Crippen molar-refractivity contribution >= 4 is 11.8 Å². The summed E-state index contributed by atoms with van der Waals surface area (Å²) in [5.41, 5.74) is -0.437. The molecule has 0 aromatic carbocycles. The monoisotopic (exact) mass is 322 g/mol. The molecule has 3 fully saturated rings. The van der Waals surface area contributed by atoms with Crippen molar-refractivity contribution in [2.45, 2.75) is 76.3 Å². The number of hydrogen-bond acceptors (Lipinski definition) is 3. The number of amides is 2. The zero-order chi connectivity index (χ0) is 16.4. The van der Waals surface area contributed by atoms with Gasteiger partial charge in [0.05, 0.1) is 18.1 Å². The fraction of sp³-hybridized carbons (Fsp3) is 0.889. The molecule has 1 unspecified atom stereocenters. The van der Waals surface area contributed by atoms with Crippen molar-refractivity contribution in [2.75, 3.05) is 13.2 Å². The summed E-state index contributed by atoms with van der Waals surface area (Å²) in [5, 5.41) is 12.7. The standard InChI is InChI=1S/C18H30N2O3/c1-13-4-6-15(7-5-13)20-11-14(10-16(20)22)17(23)19-18(12-21)8-2-3-9-18/h13-15,21H,2-12H2,1H3,(H,19,23). The summed E-state index contributed by atoms with van der Waals surface area (Å²) in [5.74, 6) is 0.607. The Bertz CT molecular complexity index is 451. The fourth-order valence-corrected chi connectivity index (χ4v) is 4.55. The molecule has 5 nitrogen and oxygen atoms in total. The highest BCUT2D eigenvalue weighted by Crippen LogP contribution is 2.33. The van der Waals surface area contributed by atoms with Gasteiger partial charge in [-0.05, 0) is 44.4 Å². The third kappa shape index (κ3) is 3.54. The normalized spacial score (nSPS) is 33.9. The van der Waals surface area contributed by atoms with Crippen LogP contribution in [0.1, 0.15) is 64.7 Å². The summed E-state index contributed by atoms with van der Waals surface area (Å²) in [6, 6.07) is 0.329. The highest BCUT2D eigenvalue weighted by atomic mass is 16.3. The van der Waals surface area contributed by atoms with Crippen LogP contribution in [-0.4, -0.2) is 46.6 Å². The van der Waals surface area contributed by atoms with Crippen molar-refractivity contribution in [1.29, 1.82) is 0 Å². The van der Waals surface area contributed by atoms with Crippen LogP contribution in [0, 0.1) is 11.8 Å². The third-order valence-corrected chi connectivity index (χ3v) is 6.21. The number of aliphatic hydroxyl groups is 1. The maximum absolute atomic E-state index is 12.6. The highest BCUT2D eigenvalue weighted by Gasteiger charge is 2.42. The molecule has 1 saturated heterocycles. The first-order valence-electron chi connectivity index (χ1n) is 9.25. The van der Waals surface area contributed by atoms with E-state index in [0.29, 0.717) is 19.0 Å². The van der Waals surface area contributed by atoms with Gasteiger partial charge >= 0.3 is 0 Å². The smallest absolute Gasteiger partial charge is 0.225 e. The molecule has 0 aromatic rings. The molecule has 2 N–H and O–H groups in total. The first-order valence-corrected chi connectivity index (χ1v) is 9.25. The van der Waals surface area contributed by atoms with Crippen LogP contribution in [0.2, 0.25) is 0 Å². The Morgan fingerprint density at radius 1 is 1.26 bits per heavy atom. The summed E-state index contributed by atoms with van der Waals surface area (Å²) in [6.07, 6.45) is 8.63. The van der Waals surface area contributed by atoms with Gasteiger partial charge in [0, 0.05) is 19.0 Å². The molecule has 23 heavy (non-hydrogen) atoms. The Balaban J connectivity index is 1.57. The number of nitrogens with zero attached hydrogens (tertiary/aromatic N) is 1. The second-order valence-electron chi connectivity index (χ2n) is 8.00. The van der Waals surface area contributed by atoms with Gasteiger partial charge in [-0.2, -0.15) is 0 Å². The van der Waals surface area contributed by atoms with Crippen molar-refractivity contribution < 1.29 is 14.7 Å². The van der Waals surface area contributed by atoms with Gasteiger partial charge in [0.2, 0.25) is 11.8 Å². The highest BCUT2D eigenvalue weighted by molar-refractivity contribution is 5.89. The molecule has 1 heterocycles. The Morgan fingerprint density at radius 3 is 2.52 bits per heavy atom. The summed E-state index contributed by atoms with van der Waals surface area (Å²) in [4.78, 5) is 26.9. The van der Waals surface area contributed by atoms with Crippen molar-refractivity contribution in [3.05, 3.63) is 0 Å². The van der Waals surface area contributed by atoms with E-state index < -0.39 is 5.54 Å². The lowest BCUT2D eigenvalue weighted by molar-refractivity contribution is -0.131. The number of hydrogen-bond donors (Lipinski definition) is 2. The number of likely N-dealkylation sites (tertiary alicyclic amines) is 1. The number of rotatable bonds is 4. The van der Waals surface area contributed by atoms with Crippen molar-refractivity contribution in [3.8, 4) is 0 Å². The molecule has 0 bridgehead atoms. The van der Waals surface area contributed by atoms with Crippen LogP contribution in [0.4, 0.5) is 0 Å². The van der Waals surface area contributed by atoms with E-state index in [1.165, 1.54) is 12.8 Å². The molecule has 0 spiro atoms. The predicted octanol–water partition coefficient (Wildman–Crippen LogP) is 1.83. The molecule has 3 aliphatic rings. The van der Waals surface area contributed by atoms with E-state index in [4.69, 9.17) is 0 Å². The van der Waals surface area contributed by atoms with Gasteiger partial charge in [0.25, 0.3) is 0 Å². The lowest BCUT2D eigenvalue weighted by Gasteiger charge is -2.34. The molecule has 3 rings (SSSR count). The molecule has 1 aliphatic heterocycles. The van der Waals surface area contributed by atoms with Crippen LogP contribution in [0.3, 0.4) is 0 Å². The Hall–Kier alpha value is -1.10. The van der Waals surface area contributed by atoms with E-state index in [9.17, 15) is 14.7 Å². The minimum absolute atomic E-state index is 0.00361. The van der Waals surface area contributed by atoms with Crippen LogP contribution in [-0.2, 0) is 9.59 Å². The molecular weight excluding hydrogens is 292 g/mol. The van der Waals surface area contributed by atoms with Crippen LogP contribution < -0.4 is 5.32 Å². The van der Waals surface area contributed by atoms with Gasteiger partial charge < -0.3 is 15.3 Å². The zero-order valence-electron chi connectivity index (χ0n) is 14.2. The first kappa shape index (κ1) is 16.7. The topological polar surface area (TPSA) is 69.6 Å².